The third-order valence-electron chi connectivity index (χ3n) is 8.58. The van der Waals surface area contributed by atoms with Crippen molar-refractivity contribution in [2.45, 2.75) is 51.7 Å². The standard InChI is InChI=1S/C31H37N3O7/c1-31(2,3)33-12-13-7-8-15-16(9-13)24(35)21-18(29(15)41-6)11-14-10-17-20(25(36)19(14)26(21)37)27(38)22(30(32)40)28(39)23(17)34(4)5/h7-9,14,17,20,23,33,35,37,39H,10-12H2,1-6H3,(H2,32,40)/t14?,17?,20?,23-/m0/s1. The van der Waals surface area contributed by atoms with E-state index in [1.165, 1.54) is 7.11 Å². The lowest BCUT2D eigenvalue weighted by Gasteiger charge is -2.46. The van der Waals surface area contributed by atoms with Crippen LogP contribution in [0.4, 0.5) is 0 Å². The molecule has 2 aromatic rings. The van der Waals surface area contributed by atoms with Crippen LogP contribution in [-0.4, -0.2) is 70.5 Å². The summed E-state index contributed by atoms with van der Waals surface area (Å²) in [6.45, 7) is 6.71. The first-order valence-corrected chi connectivity index (χ1v) is 13.7. The Morgan fingerprint density at radius 3 is 2.39 bits per heavy atom. The maximum absolute atomic E-state index is 14.0. The van der Waals surface area contributed by atoms with Crippen molar-refractivity contribution in [3.8, 4) is 11.5 Å². The van der Waals surface area contributed by atoms with Crippen LogP contribution in [0.2, 0.25) is 0 Å². The first-order valence-electron chi connectivity index (χ1n) is 13.7. The molecule has 4 atom stereocenters. The Bertz CT molecular complexity index is 1560. The maximum atomic E-state index is 14.0. The number of methoxy groups -OCH3 is 1. The highest BCUT2D eigenvalue weighted by atomic mass is 16.5. The molecule has 5 rings (SSSR count). The van der Waals surface area contributed by atoms with Crippen molar-refractivity contribution in [3.63, 3.8) is 0 Å². The van der Waals surface area contributed by atoms with Crippen molar-refractivity contribution < 1.29 is 34.4 Å². The Morgan fingerprint density at radius 2 is 1.80 bits per heavy atom. The molecule has 0 heterocycles. The van der Waals surface area contributed by atoms with Crippen molar-refractivity contribution in [1.82, 2.24) is 10.2 Å². The molecule has 0 radical (unpaired) electrons. The van der Waals surface area contributed by atoms with Crippen LogP contribution in [0.3, 0.4) is 0 Å². The number of likely N-dealkylation sites (N-methyl/N-ethyl adjacent to an activating group) is 1. The van der Waals surface area contributed by atoms with Crippen LogP contribution in [-0.2, 0) is 27.3 Å². The van der Waals surface area contributed by atoms with Gasteiger partial charge in [0, 0.05) is 34.0 Å². The van der Waals surface area contributed by atoms with Gasteiger partial charge in [-0.15, -0.1) is 0 Å². The minimum atomic E-state index is -1.30. The number of allylic oxidation sites excluding steroid dienone is 1. The number of benzene rings is 2. The van der Waals surface area contributed by atoms with Crippen LogP contribution in [0, 0.1) is 17.8 Å². The smallest absolute Gasteiger partial charge is 0.255 e. The lowest BCUT2D eigenvalue weighted by atomic mass is 9.59. The third-order valence-corrected chi connectivity index (χ3v) is 8.58. The number of fused-ring (bicyclic) bond motifs is 4. The first kappa shape index (κ1) is 28.6. The zero-order valence-corrected chi connectivity index (χ0v) is 24.2. The molecule has 0 aromatic heterocycles. The van der Waals surface area contributed by atoms with Crippen molar-refractivity contribution in [2.24, 2.45) is 23.5 Å². The van der Waals surface area contributed by atoms with E-state index in [-0.39, 0.29) is 35.3 Å². The van der Waals surface area contributed by atoms with Crippen molar-refractivity contribution in [2.75, 3.05) is 21.2 Å². The molecule has 6 N–H and O–H groups in total. The van der Waals surface area contributed by atoms with Gasteiger partial charge in [-0.05, 0) is 71.2 Å². The van der Waals surface area contributed by atoms with Gasteiger partial charge in [-0.2, -0.15) is 0 Å². The third kappa shape index (κ3) is 4.46. The summed E-state index contributed by atoms with van der Waals surface area (Å²) in [5.74, 6) is -5.54. The Morgan fingerprint density at radius 1 is 1.12 bits per heavy atom. The molecule has 10 nitrogen and oxygen atoms in total. The second-order valence-electron chi connectivity index (χ2n) is 12.5. The molecule has 1 saturated carbocycles. The number of rotatable bonds is 5. The lowest BCUT2D eigenvalue weighted by Crippen LogP contribution is -2.55. The highest BCUT2D eigenvalue weighted by Crippen LogP contribution is 2.53. The predicted molar refractivity (Wildman–Crippen MR) is 153 cm³/mol. The first-order chi connectivity index (χ1) is 19.2. The molecule has 10 heteroatoms. The molecule has 0 saturated heterocycles. The molecule has 0 spiro atoms. The van der Waals surface area contributed by atoms with Crippen molar-refractivity contribution in [3.05, 3.63) is 51.8 Å². The summed E-state index contributed by atoms with van der Waals surface area (Å²) in [5, 5.41) is 38.6. The van der Waals surface area contributed by atoms with Crippen molar-refractivity contribution in [1.29, 1.82) is 0 Å². The molecule has 1 fully saturated rings. The number of phenols is 1. The summed E-state index contributed by atoms with van der Waals surface area (Å²) >= 11 is 0. The van der Waals surface area contributed by atoms with E-state index in [9.17, 15) is 29.7 Å². The van der Waals surface area contributed by atoms with E-state index in [0.717, 1.165) is 5.56 Å². The number of nitrogens with zero attached hydrogens (tertiary/aromatic N) is 1. The van der Waals surface area contributed by atoms with E-state index >= 15 is 0 Å². The zero-order valence-electron chi connectivity index (χ0n) is 24.2. The zero-order chi connectivity index (χ0) is 30.1. The average Bonchev–Trinajstić information content (AvgIpc) is 2.86. The van der Waals surface area contributed by atoms with E-state index in [1.807, 2.05) is 18.2 Å². The Labute approximate surface area is 238 Å². The second kappa shape index (κ2) is 9.88. The normalized spacial score (nSPS) is 24.5. The van der Waals surface area contributed by atoms with Gasteiger partial charge in [0.05, 0.1) is 24.6 Å². The average molecular weight is 564 g/mol. The van der Waals surface area contributed by atoms with Crippen LogP contribution in [0.1, 0.15) is 43.9 Å². The number of carbonyl (C=O) groups excluding carboxylic acids is 3. The van der Waals surface area contributed by atoms with Gasteiger partial charge >= 0.3 is 0 Å². The Hall–Kier alpha value is -3.89. The van der Waals surface area contributed by atoms with E-state index < -0.39 is 58.4 Å². The minimum Gasteiger partial charge on any atom is -0.510 e. The number of nitrogens with two attached hydrogens (primary N) is 1. The summed E-state index contributed by atoms with van der Waals surface area (Å²) in [5.41, 5.74) is 6.36. The van der Waals surface area contributed by atoms with Crippen LogP contribution < -0.4 is 15.8 Å². The maximum Gasteiger partial charge on any atom is 0.255 e. The van der Waals surface area contributed by atoms with Gasteiger partial charge in [0.1, 0.15) is 28.6 Å². The molecule has 3 aliphatic rings. The van der Waals surface area contributed by atoms with Crippen LogP contribution in [0.5, 0.6) is 11.5 Å². The molecule has 0 bridgehead atoms. The molecular formula is C31H37N3O7. The number of hydrogen-bond acceptors (Lipinski definition) is 9. The molecule has 0 aliphatic heterocycles. The van der Waals surface area contributed by atoms with Gasteiger partial charge in [-0.25, -0.2) is 0 Å². The molecule has 1 amide bonds. The van der Waals surface area contributed by atoms with E-state index in [4.69, 9.17) is 10.5 Å². The van der Waals surface area contributed by atoms with Gasteiger partial charge in [-0.3, -0.25) is 19.3 Å². The lowest BCUT2D eigenvalue weighted by molar-refractivity contribution is -0.136. The van der Waals surface area contributed by atoms with Crippen LogP contribution in [0.15, 0.2) is 35.1 Å². The number of ketones is 2. The second-order valence-corrected chi connectivity index (χ2v) is 12.5. The SMILES string of the molecule is COc1c2c(c(O)c3cc(CNC(C)(C)C)ccc13)C(O)=C1C(=O)C3C(=O)C(C(N)=O)=C(O)[C@@H](N(C)C)C3CC1C2. The fourth-order valence-corrected chi connectivity index (χ4v) is 6.85. The highest BCUT2D eigenvalue weighted by Gasteiger charge is 2.56. The molecule has 3 aliphatic carbocycles. The van der Waals surface area contributed by atoms with E-state index in [2.05, 4.69) is 26.1 Å². The largest absolute Gasteiger partial charge is 0.510 e. The summed E-state index contributed by atoms with van der Waals surface area (Å²) in [4.78, 5) is 41.2. The number of carbonyl (C=O) groups is 3. The fraction of sp³-hybridized carbons (Fsp3) is 0.452. The number of aromatic hydroxyl groups is 1. The van der Waals surface area contributed by atoms with Gasteiger partial charge in [-0.1, -0.05) is 12.1 Å². The summed E-state index contributed by atoms with van der Waals surface area (Å²) in [6, 6.07) is 4.87. The number of aliphatic hydroxyl groups excluding tert-OH is 2. The Kier molecular flexibility index (Phi) is 6.90. The number of primary amides is 1. The van der Waals surface area contributed by atoms with Crippen LogP contribution >= 0.6 is 0 Å². The number of aliphatic hydroxyl groups is 2. The van der Waals surface area contributed by atoms with Crippen molar-refractivity contribution >= 4 is 34.0 Å². The Balaban J connectivity index is 1.67. The van der Waals surface area contributed by atoms with Gasteiger partial charge in [0.25, 0.3) is 5.91 Å². The van der Waals surface area contributed by atoms with E-state index in [1.54, 1.807) is 19.0 Å². The predicted octanol–water partition coefficient (Wildman–Crippen LogP) is 2.90. The monoisotopic (exact) mass is 563 g/mol. The minimum absolute atomic E-state index is 0.0390. The number of hydrogen-bond donors (Lipinski definition) is 5. The topological polar surface area (TPSA) is 162 Å². The molecule has 2 aromatic carbocycles. The van der Waals surface area contributed by atoms with Crippen LogP contribution in [0.25, 0.3) is 16.5 Å². The highest BCUT2D eigenvalue weighted by molar-refractivity contribution is 6.28. The molecule has 41 heavy (non-hydrogen) atoms. The molecular weight excluding hydrogens is 526 g/mol. The summed E-state index contributed by atoms with van der Waals surface area (Å²) < 4.78 is 5.82. The van der Waals surface area contributed by atoms with E-state index in [0.29, 0.717) is 28.6 Å². The van der Waals surface area contributed by atoms with Gasteiger partial charge in [0.2, 0.25) is 0 Å². The van der Waals surface area contributed by atoms with Gasteiger partial charge in [0.15, 0.2) is 11.6 Å². The number of nitrogens with one attached hydrogen (secondary N) is 1. The molecule has 3 unspecified atom stereocenters. The fourth-order valence-electron chi connectivity index (χ4n) is 6.85. The number of Topliss-reactive ketones (excluding diaryl/α,β-unsaturated/α-hetero) is 2. The summed E-state index contributed by atoms with van der Waals surface area (Å²) in [6.07, 6.45) is 0.546. The number of ether oxygens (including phenoxy) is 1. The number of phenolic OH excluding ortho intramolecular Hbond substituents is 1. The summed E-state index contributed by atoms with van der Waals surface area (Å²) in [7, 11) is 4.90. The van der Waals surface area contributed by atoms with Gasteiger partial charge < -0.3 is 31.1 Å². The number of amides is 1. The quantitative estimate of drug-likeness (QED) is 0.272. The molecule has 218 valence electrons.